The van der Waals surface area contributed by atoms with Crippen LogP contribution in [0.4, 0.5) is 5.69 Å². The second kappa shape index (κ2) is 6.05. The van der Waals surface area contributed by atoms with E-state index in [0.717, 1.165) is 15.7 Å². The van der Waals surface area contributed by atoms with Gasteiger partial charge < -0.3 is 5.32 Å². The zero-order valence-electron chi connectivity index (χ0n) is 10.2. The van der Waals surface area contributed by atoms with Crippen molar-refractivity contribution in [2.24, 2.45) is 0 Å². The lowest BCUT2D eigenvalue weighted by atomic mass is 10.1. The summed E-state index contributed by atoms with van der Waals surface area (Å²) in [6, 6.07) is 11.5. The SMILES string of the molecule is CC(Nc1cc(Br)cnc1Cl)c1cccc(C#N)c1. The predicted octanol–water partition coefficient (Wildman–Crippen LogP) is 4.54. The van der Waals surface area contributed by atoms with Gasteiger partial charge in [0.15, 0.2) is 5.15 Å². The van der Waals surface area contributed by atoms with Gasteiger partial charge in [-0.15, -0.1) is 0 Å². The number of hydrogen-bond donors (Lipinski definition) is 1. The molecule has 0 radical (unpaired) electrons. The Morgan fingerprint density at radius 2 is 2.21 bits per heavy atom. The van der Waals surface area contributed by atoms with Crippen LogP contribution in [-0.4, -0.2) is 4.98 Å². The maximum absolute atomic E-state index is 8.91. The van der Waals surface area contributed by atoms with E-state index in [1.165, 1.54) is 0 Å². The molecule has 0 spiro atoms. The van der Waals surface area contributed by atoms with E-state index < -0.39 is 0 Å². The normalized spacial score (nSPS) is 11.7. The topological polar surface area (TPSA) is 48.7 Å². The first-order valence-corrected chi connectivity index (χ1v) is 6.85. The number of rotatable bonds is 3. The standard InChI is InChI=1S/C14H11BrClN3/c1-9(11-4-2-3-10(5-11)7-17)19-13-6-12(15)8-18-14(13)16/h2-6,8-9,19H,1H3. The molecule has 0 bridgehead atoms. The van der Waals surface area contributed by atoms with E-state index >= 15 is 0 Å². The van der Waals surface area contributed by atoms with Gasteiger partial charge >= 0.3 is 0 Å². The molecule has 3 nitrogen and oxygen atoms in total. The van der Waals surface area contributed by atoms with Gasteiger partial charge in [-0.25, -0.2) is 4.98 Å². The van der Waals surface area contributed by atoms with Crippen molar-refractivity contribution >= 4 is 33.2 Å². The fourth-order valence-corrected chi connectivity index (χ4v) is 2.21. The number of pyridine rings is 1. The molecular formula is C14H11BrClN3. The average molecular weight is 337 g/mol. The lowest BCUT2D eigenvalue weighted by Gasteiger charge is -2.16. The lowest BCUT2D eigenvalue weighted by molar-refractivity contribution is 0.882. The molecule has 5 heteroatoms. The second-order valence-corrected chi connectivity index (χ2v) is 5.37. The molecule has 2 aromatic rings. The molecule has 0 aliphatic rings. The Morgan fingerprint density at radius 3 is 2.95 bits per heavy atom. The number of hydrogen-bond acceptors (Lipinski definition) is 3. The van der Waals surface area contributed by atoms with Crippen molar-refractivity contribution in [3.63, 3.8) is 0 Å². The van der Waals surface area contributed by atoms with E-state index in [1.807, 2.05) is 31.2 Å². The number of nitrogens with one attached hydrogen (secondary N) is 1. The zero-order chi connectivity index (χ0) is 13.8. The monoisotopic (exact) mass is 335 g/mol. The highest BCUT2D eigenvalue weighted by molar-refractivity contribution is 9.10. The third-order valence-electron chi connectivity index (χ3n) is 2.69. The molecule has 1 atom stereocenters. The largest absolute Gasteiger partial charge is 0.376 e. The van der Waals surface area contributed by atoms with Gasteiger partial charge in [-0.05, 0) is 46.6 Å². The minimum absolute atomic E-state index is 0.0295. The summed E-state index contributed by atoms with van der Waals surface area (Å²) in [5.41, 5.74) is 2.42. The van der Waals surface area contributed by atoms with Gasteiger partial charge in [0.1, 0.15) is 0 Å². The van der Waals surface area contributed by atoms with Gasteiger partial charge in [0.2, 0.25) is 0 Å². The summed E-state index contributed by atoms with van der Waals surface area (Å²) in [5.74, 6) is 0. The van der Waals surface area contributed by atoms with Crippen molar-refractivity contribution in [1.29, 1.82) is 5.26 Å². The van der Waals surface area contributed by atoms with Crippen LogP contribution in [0.3, 0.4) is 0 Å². The summed E-state index contributed by atoms with van der Waals surface area (Å²) < 4.78 is 0.859. The Hall–Kier alpha value is -1.57. The number of benzene rings is 1. The maximum atomic E-state index is 8.91. The molecule has 1 aromatic carbocycles. The molecule has 0 saturated heterocycles. The van der Waals surface area contributed by atoms with E-state index in [-0.39, 0.29) is 6.04 Å². The summed E-state index contributed by atoms with van der Waals surface area (Å²) in [4.78, 5) is 4.06. The molecule has 0 amide bonds. The van der Waals surface area contributed by atoms with Gasteiger partial charge in [0.25, 0.3) is 0 Å². The number of nitriles is 1. The number of aromatic nitrogens is 1. The first kappa shape index (κ1) is 13.9. The quantitative estimate of drug-likeness (QED) is 0.837. The molecule has 1 N–H and O–H groups in total. The van der Waals surface area contributed by atoms with E-state index in [4.69, 9.17) is 16.9 Å². The Balaban J connectivity index is 2.23. The third kappa shape index (κ3) is 3.46. The van der Waals surface area contributed by atoms with E-state index in [2.05, 4.69) is 32.3 Å². The van der Waals surface area contributed by atoms with Crippen LogP contribution in [-0.2, 0) is 0 Å². The molecule has 96 valence electrons. The summed E-state index contributed by atoms with van der Waals surface area (Å²) in [5, 5.41) is 12.6. The van der Waals surface area contributed by atoms with Crippen LogP contribution in [0.25, 0.3) is 0 Å². The molecule has 0 aliphatic heterocycles. The molecule has 1 unspecified atom stereocenters. The van der Waals surface area contributed by atoms with E-state index in [0.29, 0.717) is 10.7 Å². The summed E-state index contributed by atoms with van der Waals surface area (Å²) in [6.45, 7) is 2.01. The Morgan fingerprint density at radius 1 is 1.42 bits per heavy atom. The van der Waals surface area contributed by atoms with Crippen LogP contribution in [0.2, 0.25) is 5.15 Å². The zero-order valence-corrected chi connectivity index (χ0v) is 12.5. The van der Waals surface area contributed by atoms with Crippen LogP contribution < -0.4 is 5.32 Å². The summed E-state index contributed by atoms with van der Waals surface area (Å²) >= 11 is 9.40. The number of halogens is 2. The van der Waals surface area contributed by atoms with E-state index in [9.17, 15) is 0 Å². The fourth-order valence-electron chi connectivity index (χ4n) is 1.72. The van der Waals surface area contributed by atoms with Crippen LogP contribution in [0.15, 0.2) is 41.0 Å². The van der Waals surface area contributed by atoms with Crippen LogP contribution >= 0.6 is 27.5 Å². The molecule has 2 rings (SSSR count). The molecule has 1 heterocycles. The molecular weight excluding hydrogens is 326 g/mol. The van der Waals surface area contributed by atoms with Crippen molar-refractivity contribution < 1.29 is 0 Å². The summed E-state index contributed by atoms with van der Waals surface area (Å²) in [7, 11) is 0. The minimum Gasteiger partial charge on any atom is -0.376 e. The van der Waals surface area contributed by atoms with E-state index in [1.54, 1.807) is 12.3 Å². The lowest BCUT2D eigenvalue weighted by Crippen LogP contribution is -2.07. The fraction of sp³-hybridized carbons (Fsp3) is 0.143. The van der Waals surface area contributed by atoms with Crippen molar-refractivity contribution in [2.75, 3.05) is 5.32 Å². The highest BCUT2D eigenvalue weighted by atomic mass is 79.9. The van der Waals surface area contributed by atoms with Crippen molar-refractivity contribution in [3.8, 4) is 6.07 Å². The number of nitrogens with zero attached hydrogens (tertiary/aromatic N) is 2. The highest BCUT2D eigenvalue weighted by Crippen LogP contribution is 2.27. The third-order valence-corrected chi connectivity index (χ3v) is 3.43. The Labute approximate surface area is 125 Å². The van der Waals surface area contributed by atoms with Crippen LogP contribution in [0.5, 0.6) is 0 Å². The predicted molar refractivity (Wildman–Crippen MR) is 80.1 cm³/mol. The van der Waals surface area contributed by atoms with Crippen molar-refractivity contribution in [1.82, 2.24) is 4.98 Å². The number of anilines is 1. The minimum atomic E-state index is 0.0295. The summed E-state index contributed by atoms with van der Waals surface area (Å²) in [6.07, 6.45) is 1.65. The molecule has 1 aromatic heterocycles. The molecule has 0 aliphatic carbocycles. The van der Waals surface area contributed by atoms with Crippen molar-refractivity contribution in [2.45, 2.75) is 13.0 Å². The maximum Gasteiger partial charge on any atom is 0.152 e. The van der Waals surface area contributed by atoms with Gasteiger partial charge in [0, 0.05) is 16.7 Å². The Kier molecular flexibility index (Phi) is 4.41. The first-order valence-electron chi connectivity index (χ1n) is 5.68. The molecule has 0 saturated carbocycles. The second-order valence-electron chi connectivity index (χ2n) is 4.10. The molecule has 0 fully saturated rings. The smallest absolute Gasteiger partial charge is 0.152 e. The van der Waals surface area contributed by atoms with Gasteiger partial charge in [-0.3, -0.25) is 0 Å². The molecule has 19 heavy (non-hydrogen) atoms. The van der Waals surface area contributed by atoms with Crippen LogP contribution in [0.1, 0.15) is 24.1 Å². The van der Waals surface area contributed by atoms with Crippen molar-refractivity contribution in [3.05, 3.63) is 57.3 Å². The Bertz CT molecular complexity index is 637. The van der Waals surface area contributed by atoms with Gasteiger partial charge in [0.05, 0.1) is 17.3 Å². The van der Waals surface area contributed by atoms with Gasteiger partial charge in [-0.2, -0.15) is 5.26 Å². The van der Waals surface area contributed by atoms with Gasteiger partial charge in [-0.1, -0.05) is 23.7 Å². The average Bonchev–Trinajstić information content (AvgIpc) is 2.43. The first-order chi connectivity index (χ1) is 9.10. The van der Waals surface area contributed by atoms with Crippen LogP contribution in [0, 0.1) is 11.3 Å². The highest BCUT2D eigenvalue weighted by Gasteiger charge is 2.09.